The SMILES string of the molecule is CC1CCC(NCc2ccccc2C(=O)O)C1. The van der Waals surface area contributed by atoms with E-state index >= 15 is 0 Å². The molecule has 1 saturated carbocycles. The molecule has 1 aromatic rings. The van der Waals surface area contributed by atoms with Gasteiger partial charge in [-0.25, -0.2) is 4.79 Å². The van der Waals surface area contributed by atoms with Gasteiger partial charge in [0, 0.05) is 12.6 Å². The zero-order valence-corrected chi connectivity index (χ0v) is 10.1. The first kappa shape index (κ1) is 12.1. The van der Waals surface area contributed by atoms with Gasteiger partial charge in [0.1, 0.15) is 0 Å². The molecule has 0 aromatic heterocycles. The predicted molar refractivity (Wildman–Crippen MR) is 67.0 cm³/mol. The molecule has 2 N–H and O–H groups in total. The van der Waals surface area contributed by atoms with Gasteiger partial charge < -0.3 is 10.4 Å². The van der Waals surface area contributed by atoms with Crippen LogP contribution in [0.3, 0.4) is 0 Å². The Bertz CT molecular complexity index is 403. The maximum Gasteiger partial charge on any atom is 0.336 e. The first-order chi connectivity index (χ1) is 8.16. The lowest BCUT2D eigenvalue weighted by Gasteiger charge is -2.13. The molecular weight excluding hydrogens is 214 g/mol. The number of aromatic carboxylic acids is 1. The monoisotopic (exact) mass is 233 g/mol. The summed E-state index contributed by atoms with van der Waals surface area (Å²) in [7, 11) is 0. The van der Waals surface area contributed by atoms with E-state index in [1.165, 1.54) is 19.3 Å². The van der Waals surface area contributed by atoms with Crippen molar-refractivity contribution in [3.8, 4) is 0 Å². The van der Waals surface area contributed by atoms with Gasteiger partial charge in [0.25, 0.3) is 0 Å². The molecule has 2 unspecified atom stereocenters. The Kier molecular flexibility index (Phi) is 3.79. The molecule has 0 amide bonds. The summed E-state index contributed by atoms with van der Waals surface area (Å²) in [5.41, 5.74) is 1.28. The second kappa shape index (κ2) is 5.32. The van der Waals surface area contributed by atoms with Gasteiger partial charge in [0.2, 0.25) is 0 Å². The topological polar surface area (TPSA) is 49.3 Å². The van der Waals surface area contributed by atoms with Gasteiger partial charge >= 0.3 is 5.97 Å². The molecule has 3 nitrogen and oxygen atoms in total. The van der Waals surface area contributed by atoms with E-state index in [4.69, 9.17) is 5.11 Å². The summed E-state index contributed by atoms with van der Waals surface area (Å²) in [5.74, 6) is -0.0515. The fourth-order valence-corrected chi connectivity index (χ4v) is 2.53. The number of carboxylic acid groups (broad SMARTS) is 1. The Morgan fingerprint density at radius 1 is 1.41 bits per heavy atom. The summed E-state index contributed by atoms with van der Waals surface area (Å²) >= 11 is 0. The van der Waals surface area contributed by atoms with Gasteiger partial charge in [-0.2, -0.15) is 0 Å². The third-order valence-corrected chi connectivity index (χ3v) is 3.52. The molecule has 2 rings (SSSR count). The van der Waals surface area contributed by atoms with Crippen LogP contribution in [0.25, 0.3) is 0 Å². The van der Waals surface area contributed by atoms with Crippen LogP contribution in [0.4, 0.5) is 0 Å². The molecule has 0 aliphatic heterocycles. The van der Waals surface area contributed by atoms with E-state index in [1.807, 2.05) is 12.1 Å². The summed E-state index contributed by atoms with van der Waals surface area (Å²) in [6, 6.07) is 7.75. The van der Waals surface area contributed by atoms with Crippen molar-refractivity contribution in [2.45, 2.75) is 38.8 Å². The summed E-state index contributed by atoms with van der Waals surface area (Å²) in [6.07, 6.45) is 3.68. The Morgan fingerprint density at radius 2 is 2.18 bits per heavy atom. The minimum atomic E-state index is -0.845. The van der Waals surface area contributed by atoms with Crippen molar-refractivity contribution < 1.29 is 9.90 Å². The Labute approximate surface area is 102 Å². The second-order valence-electron chi connectivity index (χ2n) is 4.96. The van der Waals surface area contributed by atoms with E-state index in [-0.39, 0.29) is 0 Å². The molecule has 0 bridgehead atoms. The number of benzene rings is 1. The third kappa shape index (κ3) is 3.07. The largest absolute Gasteiger partial charge is 0.478 e. The van der Waals surface area contributed by atoms with E-state index in [0.29, 0.717) is 18.2 Å². The fraction of sp³-hybridized carbons (Fsp3) is 0.500. The Hall–Kier alpha value is -1.35. The van der Waals surface area contributed by atoms with Crippen molar-refractivity contribution >= 4 is 5.97 Å². The third-order valence-electron chi connectivity index (χ3n) is 3.52. The van der Waals surface area contributed by atoms with Crippen molar-refractivity contribution in [2.75, 3.05) is 0 Å². The van der Waals surface area contributed by atoms with Crippen LogP contribution in [-0.2, 0) is 6.54 Å². The van der Waals surface area contributed by atoms with E-state index < -0.39 is 5.97 Å². The Morgan fingerprint density at radius 3 is 2.82 bits per heavy atom. The molecule has 1 aromatic carbocycles. The summed E-state index contributed by atoms with van der Waals surface area (Å²) in [5, 5.41) is 12.5. The lowest BCUT2D eigenvalue weighted by Crippen LogP contribution is -2.26. The van der Waals surface area contributed by atoms with E-state index in [9.17, 15) is 4.79 Å². The highest BCUT2D eigenvalue weighted by molar-refractivity contribution is 5.89. The van der Waals surface area contributed by atoms with Gasteiger partial charge in [-0.3, -0.25) is 0 Å². The maximum absolute atomic E-state index is 11.0. The van der Waals surface area contributed by atoms with Crippen LogP contribution in [0.1, 0.15) is 42.1 Å². The van der Waals surface area contributed by atoms with Gasteiger partial charge in [-0.05, 0) is 36.8 Å². The van der Waals surface area contributed by atoms with Crippen LogP contribution in [-0.4, -0.2) is 17.1 Å². The van der Waals surface area contributed by atoms with E-state index in [2.05, 4.69) is 12.2 Å². The molecule has 3 heteroatoms. The van der Waals surface area contributed by atoms with Crippen molar-refractivity contribution in [2.24, 2.45) is 5.92 Å². The van der Waals surface area contributed by atoms with Gasteiger partial charge in [-0.15, -0.1) is 0 Å². The zero-order chi connectivity index (χ0) is 12.3. The molecule has 1 aliphatic carbocycles. The predicted octanol–water partition coefficient (Wildman–Crippen LogP) is 2.66. The number of hydrogen-bond donors (Lipinski definition) is 2. The quantitative estimate of drug-likeness (QED) is 0.840. The molecule has 0 radical (unpaired) electrons. The van der Waals surface area contributed by atoms with Crippen molar-refractivity contribution in [1.29, 1.82) is 0 Å². The summed E-state index contributed by atoms with van der Waals surface area (Å²) in [4.78, 5) is 11.0. The van der Waals surface area contributed by atoms with Gasteiger partial charge in [-0.1, -0.05) is 25.1 Å². The molecular formula is C14H19NO2. The summed E-state index contributed by atoms with van der Waals surface area (Å²) in [6.45, 7) is 2.92. The summed E-state index contributed by atoms with van der Waals surface area (Å²) < 4.78 is 0. The highest BCUT2D eigenvalue weighted by Crippen LogP contribution is 2.25. The van der Waals surface area contributed by atoms with Gasteiger partial charge in [0.05, 0.1) is 5.56 Å². The molecule has 2 atom stereocenters. The molecule has 17 heavy (non-hydrogen) atoms. The minimum Gasteiger partial charge on any atom is -0.478 e. The van der Waals surface area contributed by atoms with Crippen LogP contribution < -0.4 is 5.32 Å². The normalized spacial score (nSPS) is 23.8. The number of rotatable bonds is 4. The molecule has 0 heterocycles. The standard InChI is InChI=1S/C14H19NO2/c1-10-6-7-12(8-10)15-9-11-4-2-3-5-13(11)14(16)17/h2-5,10,12,15H,6-9H2,1H3,(H,16,17). The van der Waals surface area contributed by atoms with Crippen LogP contribution in [0, 0.1) is 5.92 Å². The first-order valence-corrected chi connectivity index (χ1v) is 6.21. The fourth-order valence-electron chi connectivity index (χ4n) is 2.53. The van der Waals surface area contributed by atoms with Crippen LogP contribution >= 0.6 is 0 Å². The molecule has 1 fully saturated rings. The average molecular weight is 233 g/mol. The average Bonchev–Trinajstić information content (AvgIpc) is 2.73. The van der Waals surface area contributed by atoms with E-state index in [0.717, 1.165) is 11.5 Å². The smallest absolute Gasteiger partial charge is 0.336 e. The lowest BCUT2D eigenvalue weighted by molar-refractivity contribution is 0.0695. The van der Waals surface area contributed by atoms with Gasteiger partial charge in [0.15, 0.2) is 0 Å². The molecule has 0 saturated heterocycles. The highest BCUT2D eigenvalue weighted by atomic mass is 16.4. The minimum absolute atomic E-state index is 0.408. The number of hydrogen-bond acceptors (Lipinski definition) is 2. The van der Waals surface area contributed by atoms with Crippen molar-refractivity contribution in [3.63, 3.8) is 0 Å². The number of carboxylic acids is 1. The zero-order valence-electron chi connectivity index (χ0n) is 10.1. The first-order valence-electron chi connectivity index (χ1n) is 6.21. The van der Waals surface area contributed by atoms with Crippen LogP contribution in [0.5, 0.6) is 0 Å². The van der Waals surface area contributed by atoms with E-state index in [1.54, 1.807) is 12.1 Å². The van der Waals surface area contributed by atoms with Crippen LogP contribution in [0.2, 0.25) is 0 Å². The lowest BCUT2D eigenvalue weighted by atomic mass is 10.1. The maximum atomic E-state index is 11.0. The molecule has 0 spiro atoms. The number of nitrogens with one attached hydrogen (secondary N) is 1. The molecule has 1 aliphatic rings. The number of carbonyl (C=O) groups is 1. The second-order valence-corrected chi connectivity index (χ2v) is 4.96. The van der Waals surface area contributed by atoms with Crippen LogP contribution in [0.15, 0.2) is 24.3 Å². The van der Waals surface area contributed by atoms with Crippen molar-refractivity contribution in [3.05, 3.63) is 35.4 Å². The molecule has 92 valence electrons. The van der Waals surface area contributed by atoms with Crippen molar-refractivity contribution in [1.82, 2.24) is 5.32 Å². The highest BCUT2D eigenvalue weighted by Gasteiger charge is 2.21. The Balaban J connectivity index is 1.97.